The van der Waals surface area contributed by atoms with Crippen molar-refractivity contribution in [2.75, 3.05) is 0 Å². The Morgan fingerprint density at radius 2 is 0.844 bits per heavy atom. The van der Waals surface area contributed by atoms with E-state index >= 15 is 0 Å². The third-order valence-electron chi connectivity index (χ3n) is 14.0. The second-order valence-electron chi connectivity index (χ2n) is 18.6. The average molecular weight is 1160 g/mol. The molecule has 0 aliphatic carbocycles. The first-order chi connectivity index (χ1) is 37.7. The SMILES string of the molecule is [Ir+3].[c-]1cc(-c2ccccc2-c2cc(-c3ccccc3-c3c[c-]c(-c4nccn4-c4ccccc4)cc3)cc(-c3ccccc3-c3c[c-]c(-n4cccn4)cc3)c2)c(-c2ccc(-c3ccccc3)cc2)cc1-c1ccccn1. The normalized spacial score (nSPS) is 11.0. The Morgan fingerprint density at radius 1 is 0.312 bits per heavy atom. The van der Waals surface area contributed by atoms with Crippen molar-refractivity contribution in [1.29, 1.82) is 0 Å². The zero-order chi connectivity index (χ0) is 50.6. The first-order valence-electron chi connectivity index (χ1n) is 25.4. The molecule has 77 heavy (non-hydrogen) atoms. The number of rotatable bonds is 12. The molecular weight excluding hydrogens is 1120 g/mol. The van der Waals surface area contributed by atoms with Gasteiger partial charge in [0.2, 0.25) is 0 Å². The largest absolute Gasteiger partial charge is 3.00 e. The van der Waals surface area contributed by atoms with Crippen molar-refractivity contribution in [2.24, 2.45) is 0 Å². The quantitative estimate of drug-likeness (QED) is 0.115. The van der Waals surface area contributed by atoms with Crippen LogP contribution in [0.3, 0.4) is 0 Å². The van der Waals surface area contributed by atoms with E-state index in [2.05, 4.69) is 234 Å². The van der Waals surface area contributed by atoms with E-state index in [0.717, 1.165) is 112 Å². The van der Waals surface area contributed by atoms with Crippen molar-refractivity contribution in [3.8, 4) is 123 Å². The molecule has 0 aliphatic heterocycles. The number of pyridine rings is 1. The minimum absolute atomic E-state index is 0. The van der Waals surface area contributed by atoms with Crippen LogP contribution in [0.25, 0.3) is 123 Å². The van der Waals surface area contributed by atoms with Crippen LogP contribution in [-0.4, -0.2) is 24.3 Å². The molecule has 0 fully saturated rings. The Balaban J connectivity index is 0.00000596. The van der Waals surface area contributed by atoms with Crippen LogP contribution in [0.1, 0.15) is 0 Å². The van der Waals surface area contributed by atoms with Crippen molar-refractivity contribution in [3.63, 3.8) is 0 Å². The van der Waals surface area contributed by atoms with Crippen molar-refractivity contribution in [3.05, 3.63) is 298 Å². The summed E-state index contributed by atoms with van der Waals surface area (Å²) in [6.07, 6.45) is 9.40. The maximum absolute atomic E-state index is 4.76. The molecule has 13 rings (SSSR count). The van der Waals surface area contributed by atoms with Crippen molar-refractivity contribution >= 4 is 0 Å². The molecule has 3 heterocycles. The standard InChI is InChI=1S/C71H46N5.Ir/c1-3-16-50(17-4-1)51-27-29-54(30-28-51)69-49-56(70-26-13-14-41-72-70)37-40-68(69)67-25-12-11-24-66(67)59-47-57(46-58(48-59)65-23-10-8-21-63(65)53-35-38-61(39-36-53)76-44-15-42-74-76)64-22-9-7-20-62(64)52-31-33-55(34-32-52)71-73-43-45-75(71)60-18-5-2-6-19-60;/h1-33,35-36,38,40-49H;/q-3;+3. The average Bonchev–Trinajstić information content (AvgIpc) is 4.27. The van der Waals surface area contributed by atoms with Gasteiger partial charge in [-0.3, -0.25) is 9.67 Å². The molecule has 0 aliphatic rings. The number of hydrogen-bond donors (Lipinski definition) is 0. The number of para-hydroxylation sites is 1. The smallest absolute Gasteiger partial charge is 0.340 e. The molecule has 0 amide bonds. The Morgan fingerprint density at radius 3 is 1.43 bits per heavy atom. The minimum atomic E-state index is 0. The first kappa shape index (κ1) is 48.4. The molecule has 6 heteroatoms. The van der Waals surface area contributed by atoms with E-state index in [1.165, 1.54) is 11.1 Å². The molecule has 0 unspecified atom stereocenters. The Labute approximate surface area is 462 Å². The molecule has 0 saturated heterocycles. The molecule has 10 aromatic carbocycles. The topological polar surface area (TPSA) is 48.5 Å². The molecule has 5 nitrogen and oxygen atoms in total. The summed E-state index contributed by atoms with van der Waals surface area (Å²) in [6, 6.07) is 98.7. The van der Waals surface area contributed by atoms with Crippen molar-refractivity contribution < 1.29 is 20.1 Å². The van der Waals surface area contributed by atoms with E-state index in [0.29, 0.717) is 0 Å². The fourth-order valence-corrected chi connectivity index (χ4v) is 10.3. The van der Waals surface area contributed by atoms with Crippen LogP contribution in [0.4, 0.5) is 0 Å². The molecule has 13 aromatic rings. The fraction of sp³-hybridized carbons (Fsp3) is 0. The van der Waals surface area contributed by atoms with Gasteiger partial charge in [0.15, 0.2) is 0 Å². The van der Waals surface area contributed by atoms with Gasteiger partial charge in [-0.2, -0.15) is 23.3 Å². The van der Waals surface area contributed by atoms with Gasteiger partial charge in [0.05, 0.1) is 5.82 Å². The van der Waals surface area contributed by atoms with Gasteiger partial charge in [-0.25, -0.2) is 0 Å². The van der Waals surface area contributed by atoms with E-state index in [9.17, 15) is 0 Å². The molecule has 0 radical (unpaired) electrons. The third-order valence-corrected chi connectivity index (χ3v) is 14.0. The molecule has 3 aromatic heterocycles. The molecule has 0 saturated carbocycles. The van der Waals surface area contributed by atoms with Gasteiger partial charge in [0.1, 0.15) is 0 Å². The van der Waals surface area contributed by atoms with Crippen molar-refractivity contribution in [2.45, 2.75) is 0 Å². The predicted octanol–water partition coefficient (Wildman–Crippen LogP) is 17.5. The van der Waals surface area contributed by atoms with E-state index in [4.69, 9.17) is 9.97 Å². The summed E-state index contributed by atoms with van der Waals surface area (Å²) < 4.78 is 3.94. The van der Waals surface area contributed by atoms with Crippen LogP contribution in [0, 0.1) is 18.2 Å². The van der Waals surface area contributed by atoms with Gasteiger partial charge >= 0.3 is 20.1 Å². The summed E-state index contributed by atoms with van der Waals surface area (Å²) >= 11 is 0. The van der Waals surface area contributed by atoms with E-state index < -0.39 is 0 Å². The Hall–Kier alpha value is -9.58. The molecule has 0 N–H and O–H groups in total. The number of nitrogens with zero attached hydrogens (tertiary/aromatic N) is 5. The van der Waals surface area contributed by atoms with Gasteiger partial charge < -0.3 is 9.55 Å². The fourth-order valence-electron chi connectivity index (χ4n) is 10.3. The second-order valence-corrected chi connectivity index (χ2v) is 18.6. The summed E-state index contributed by atoms with van der Waals surface area (Å²) in [7, 11) is 0. The van der Waals surface area contributed by atoms with Gasteiger partial charge in [0, 0.05) is 36.7 Å². The van der Waals surface area contributed by atoms with E-state index in [1.807, 2.05) is 71.9 Å². The summed E-state index contributed by atoms with van der Waals surface area (Å²) in [5, 5.41) is 4.45. The zero-order valence-electron chi connectivity index (χ0n) is 41.6. The number of aromatic nitrogens is 5. The van der Waals surface area contributed by atoms with Gasteiger partial charge in [-0.15, -0.1) is 65.2 Å². The van der Waals surface area contributed by atoms with Gasteiger partial charge in [-0.1, -0.05) is 191 Å². The maximum atomic E-state index is 4.76. The van der Waals surface area contributed by atoms with Gasteiger partial charge in [0.25, 0.3) is 0 Å². The molecule has 0 spiro atoms. The van der Waals surface area contributed by atoms with Crippen LogP contribution >= 0.6 is 0 Å². The summed E-state index contributed by atoms with van der Waals surface area (Å²) in [5.41, 5.74) is 22.3. The maximum Gasteiger partial charge on any atom is 3.00 e. The van der Waals surface area contributed by atoms with Crippen LogP contribution in [0.15, 0.2) is 280 Å². The van der Waals surface area contributed by atoms with Crippen LogP contribution in [-0.2, 0) is 20.1 Å². The summed E-state index contributed by atoms with van der Waals surface area (Å²) in [4.78, 5) is 9.50. The predicted molar refractivity (Wildman–Crippen MR) is 309 cm³/mol. The molecule has 364 valence electrons. The van der Waals surface area contributed by atoms with Crippen molar-refractivity contribution in [1.82, 2.24) is 24.3 Å². The third kappa shape index (κ3) is 9.83. The number of benzene rings is 10. The number of imidazole rings is 1. The second kappa shape index (κ2) is 21.7. The molecular formula is C71H46IrN5. The Kier molecular flexibility index (Phi) is 13.6. The van der Waals surface area contributed by atoms with Crippen LogP contribution in [0.5, 0.6) is 0 Å². The van der Waals surface area contributed by atoms with E-state index in [1.54, 1.807) is 6.20 Å². The van der Waals surface area contributed by atoms with E-state index in [-0.39, 0.29) is 20.1 Å². The summed E-state index contributed by atoms with van der Waals surface area (Å²) in [6.45, 7) is 0. The zero-order valence-corrected chi connectivity index (χ0v) is 44.0. The number of hydrogen-bond acceptors (Lipinski definition) is 3. The first-order valence-corrected chi connectivity index (χ1v) is 25.4. The molecule has 0 bridgehead atoms. The van der Waals surface area contributed by atoms with Gasteiger partial charge in [-0.05, 0) is 104 Å². The summed E-state index contributed by atoms with van der Waals surface area (Å²) in [5.74, 6) is 0.839. The monoisotopic (exact) mass is 1160 g/mol. The minimum Gasteiger partial charge on any atom is -0.340 e. The van der Waals surface area contributed by atoms with Crippen LogP contribution in [0.2, 0.25) is 0 Å². The Bertz CT molecular complexity index is 4110. The van der Waals surface area contributed by atoms with Crippen LogP contribution < -0.4 is 0 Å². The molecule has 0 atom stereocenters.